The van der Waals surface area contributed by atoms with Gasteiger partial charge in [0, 0.05) is 58.9 Å². The molecule has 134 valence electrons. The molecule has 0 bridgehead atoms. The van der Waals surface area contributed by atoms with Gasteiger partial charge < -0.3 is 14.4 Å². The van der Waals surface area contributed by atoms with Crippen molar-refractivity contribution in [1.29, 1.82) is 0 Å². The van der Waals surface area contributed by atoms with Crippen molar-refractivity contribution in [3.63, 3.8) is 0 Å². The number of carbonyl (C=O) groups excluding carboxylic acids is 1. The molecule has 3 rings (SSSR count). The Bertz CT molecular complexity index is 492. The van der Waals surface area contributed by atoms with E-state index in [0.717, 1.165) is 71.2 Å². The summed E-state index contributed by atoms with van der Waals surface area (Å²) in [5.74, 6) is 1.22. The fraction of sp³-hybridized carbons (Fsp3) is 0.706. The van der Waals surface area contributed by atoms with Crippen LogP contribution in [-0.2, 0) is 11.3 Å². The van der Waals surface area contributed by atoms with Gasteiger partial charge in [-0.3, -0.25) is 19.5 Å². The number of amides is 1. The van der Waals surface area contributed by atoms with E-state index in [4.69, 9.17) is 9.52 Å². The Labute approximate surface area is 143 Å². The van der Waals surface area contributed by atoms with Gasteiger partial charge in [0.2, 0.25) is 5.91 Å². The number of hydrogen-bond acceptors (Lipinski definition) is 6. The van der Waals surface area contributed by atoms with Gasteiger partial charge in [-0.15, -0.1) is 0 Å². The highest BCUT2D eigenvalue weighted by molar-refractivity contribution is 5.78. The van der Waals surface area contributed by atoms with E-state index in [2.05, 4.69) is 14.7 Å². The minimum Gasteiger partial charge on any atom is -0.468 e. The third-order valence-electron chi connectivity index (χ3n) is 4.92. The van der Waals surface area contributed by atoms with E-state index < -0.39 is 0 Å². The molecule has 2 saturated heterocycles. The van der Waals surface area contributed by atoms with Crippen molar-refractivity contribution in [3.8, 4) is 0 Å². The molecule has 2 fully saturated rings. The first kappa shape index (κ1) is 17.4. The Morgan fingerprint density at radius 2 is 1.67 bits per heavy atom. The van der Waals surface area contributed by atoms with Crippen LogP contribution in [0.3, 0.4) is 0 Å². The first-order valence-electron chi connectivity index (χ1n) is 8.82. The number of nitrogens with zero attached hydrogens (tertiary/aromatic N) is 4. The zero-order valence-electron chi connectivity index (χ0n) is 14.3. The van der Waals surface area contributed by atoms with Gasteiger partial charge in [0.15, 0.2) is 0 Å². The van der Waals surface area contributed by atoms with Gasteiger partial charge in [0.1, 0.15) is 5.76 Å². The molecule has 1 aromatic rings. The van der Waals surface area contributed by atoms with Gasteiger partial charge in [-0.05, 0) is 12.1 Å². The number of aliphatic hydroxyl groups excluding tert-OH is 1. The minimum absolute atomic E-state index is 0.210. The number of aliphatic hydroxyl groups is 1. The lowest BCUT2D eigenvalue weighted by Crippen LogP contribution is -2.53. The summed E-state index contributed by atoms with van der Waals surface area (Å²) in [6.45, 7) is 9.36. The minimum atomic E-state index is 0.210. The van der Waals surface area contributed by atoms with Crippen LogP contribution in [0.4, 0.5) is 0 Å². The molecule has 0 aromatic carbocycles. The van der Waals surface area contributed by atoms with E-state index in [1.807, 2.05) is 17.0 Å². The Balaban J connectivity index is 1.36. The average Bonchev–Trinajstić information content (AvgIpc) is 3.10. The van der Waals surface area contributed by atoms with E-state index >= 15 is 0 Å². The number of carbonyl (C=O) groups is 1. The number of rotatable bonds is 6. The summed E-state index contributed by atoms with van der Waals surface area (Å²) in [5, 5.41) is 8.98. The molecule has 0 aliphatic carbocycles. The van der Waals surface area contributed by atoms with Crippen LogP contribution in [-0.4, -0.2) is 103 Å². The maximum Gasteiger partial charge on any atom is 0.236 e. The van der Waals surface area contributed by atoms with Crippen LogP contribution in [0.1, 0.15) is 5.76 Å². The zero-order valence-corrected chi connectivity index (χ0v) is 14.3. The summed E-state index contributed by atoms with van der Waals surface area (Å²) in [7, 11) is 0. The maximum absolute atomic E-state index is 12.5. The van der Waals surface area contributed by atoms with Gasteiger partial charge in [-0.2, -0.15) is 0 Å². The van der Waals surface area contributed by atoms with Crippen molar-refractivity contribution < 1.29 is 14.3 Å². The van der Waals surface area contributed by atoms with Gasteiger partial charge in [0.25, 0.3) is 0 Å². The highest BCUT2D eigenvalue weighted by Gasteiger charge is 2.24. The maximum atomic E-state index is 12.5. The van der Waals surface area contributed by atoms with E-state index in [1.54, 1.807) is 6.26 Å². The largest absolute Gasteiger partial charge is 0.468 e. The third kappa shape index (κ3) is 4.80. The van der Waals surface area contributed by atoms with Crippen molar-refractivity contribution in [3.05, 3.63) is 24.2 Å². The standard InChI is InChI=1S/C17H28N4O3/c22-12-11-18-3-5-20(6-4-18)15-17(23)21-9-7-19(8-10-21)14-16-2-1-13-24-16/h1-2,13,22H,3-12,14-15H2. The predicted molar refractivity (Wildman–Crippen MR) is 90.5 cm³/mol. The fourth-order valence-electron chi connectivity index (χ4n) is 3.38. The van der Waals surface area contributed by atoms with Crippen molar-refractivity contribution >= 4 is 5.91 Å². The van der Waals surface area contributed by atoms with Crippen molar-refractivity contribution in [2.24, 2.45) is 0 Å². The van der Waals surface area contributed by atoms with Crippen LogP contribution in [0, 0.1) is 0 Å². The Hall–Kier alpha value is -1.41. The number of hydrogen-bond donors (Lipinski definition) is 1. The predicted octanol–water partition coefficient (Wildman–Crippen LogP) is -0.466. The Kier molecular flexibility index (Phi) is 6.25. The average molecular weight is 336 g/mol. The molecule has 0 unspecified atom stereocenters. The lowest BCUT2D eigenvalue weighted by atomic mass is 10.2. The molecule has 7 heteroatoms. The summed E-state index contributed by atoms with van der Waals surface area (Å²) in [5.41, 5.74) is 0. The molecule has 0 radical (unpaired) electrons. The summed E-state index contributed by atoms with van der Waals surface area (Å²) in [6.07, 6.45) is 1.70. The molecule has 0 atom stereocenters. The molecular weight excluding hydrogens is 308 g/mol. The second-order valence-electron chi connectivity index (χ2n) is 6.58. The summed E-state index contributed by atoms with van der Waals surface area (Å²) in [6, 6.07) is 3.91. The SMILES string of the molecule is O=C(CN1CCN(CCO)CC1)N1CCN(Cc2ccco2)CC1. The second-order valence-corrected chi connectivity index (χ2v) is 6.58. The Morgan fingerprint density at radius 1 is 1.00 bits per heavy atom. The van der Waals surface area contributed by atoms with E-state index in [1.165, 1.54) is 0 Å². The number of piperazine rings is 2. The zero-order chi connectivity index (χ0) is 16.8. The lowest BCUT2D eigenvalue weighted by molar-refractivity contribution is -0.134. The van der Waals surface area contributed by atoms with Crippen LogP contribution in [0.25, 0.3) is 0 Å². The second kappa shape index (κ2) is 8.62. The van der Waals surface area contributed by atoms with Gasteiger partial charge in [0.05, 0.1) is 26.0 Å². The fourth-order valence-corrected chi connectivity index (χ4v) is 3.38. The Morgan fingerprint density at radius 3 is 2.29 bits per heavy atom. The van der Waals surface area contributed by atoms with E-state index in [0.29, 0.717) is 6.54 Å². The first-order valence-corrected chi connectivity index (χ1v) is 8.82. The van der Waals surface area contributed by atoms with Gasteiger partial charge in [-0.1, -0.05) is 0 Å². The van der Waals surface area contributed by atoms with E-state index in [9.17, 15) is 4.79 Å². The molecule has 7 nitrogen and oxygen atoms in total. The van der Waals surface area contributed by atoms with Crippen molar-refractivity contribution in [2.45, 2.75) is 6.54 Å². The quantitative estimate of drug-likeness (QED) is 0.758. The normalized spacial score (nSPS) is 21.3. The molecule has 1 amide bonds. The van der Waals surface area contributed by atoms with Gasteiger partial charge in [-0.25, -0.2) is 0 Å². The summed E-state index contributed by atoms with van der Waals surface area (Å²) in [4.78, 5) is 21.3. The molecule has 1 aromatic heterocycles. The molecule has 0 spiro atoms. The molecule has 2 aliphatic rings. The molecule has 1 N–H and O–H groups in total. The molecular formula is C17H28N4O3. The van der Waals surface area contributed by atoms with Crippen molar-refractivity contribution in [1.82, 2.24) is 19.6 Å². The molecule has 2 aliphatic heterocycles. The van der Waals surface area contributed by atoms with Crippen molar-refractivity contribution in [2.75, 3.05) is 72.1 Å². The number of β-amino-alcohol motifs (C(OH)–C–C–N with tert-alkyl or cyclic N) is 1. The molecule has 0 saturated carbocycles. The van der Waals surface area contributed by atoms with Crippen LogP contribution < -0.4 is 0 Å². The van der Waals surface area contributed by atoms with Crippen LogP contribution in [0.2, 0.25) is 0 Å². The van der Waals surface area contributed by atoms with Crippen LogP contribution in [0.5, 0.6) is 0 Å². The smallest absolute Gasteiger partial charge is 0.236 e. The third-order valence-corrected chi connectivity index (χ3v) is 4.92. The first-order chi connectivity index (χ1) is 11.7. The number of furan rings is 1. The van der Waals surface area contributed by atoms with Crippen LogP contribution in [0.15, 0.2) is 22.8 Å². The van der Waals surface area contributed by atoms with Crippen LogP contribution >= 0.6 is 0 Å². The monoisotopic (exact) mass is 336 g/mol. The highest BCUT2D eigenvalue weighted by atomic mass is 16.3. The lowest BCUT2D eigenvalue weighted by Gasteiger charge is -2.37. The van der Waals surface area contributed by atoms with E-state index in [-0.39, 0.29) is 12.5 Å². The van der Waals surface area contributed by atoms with Gasteiger partial charge >= 0.3 is 0 Å². The molecule has 3 heterocycles. The highest BCUT2D eigenvalue weighted by Crippen LogP contribution is 2.10. The topological polar surface area (TPSA) is 63.4 Å². The summed E-state index contributed by atoms with van der Waals surface area (Å²) < 4.78 is 5.39. The summed E-state index contributed by atoms with van der Waals surface area (Å²) >= 11 is 0. The molecule has 24 heavy (non-hydrogen) atoms.